The van der Waals surface area contributed by atoms with Crippen LogP contribution in [-0.2, 0) is 7.05 Å². The first-order valence-corrected chi connectivity index (χ1v) is 10.4. The van der Waals surface area contributed by atoms with Gasteiger partial charge in [-0.15, -0.1) is 0 Å². The van der Waals surface area contributed by atoms with E-state index in [1.807, 2.05) is 38.2 Å². The molecule has 1 unspecified atom stereocenters. The molecule has 1 amide bonds. The maximum atomic E-state index is 12.8. The number of anilines is 1. The van der Waals surface area contributed by atoms with Gasteiger partial charge in [-0.2, -0.15) is 5.10 Å². The highest BCUT2D eigenvalue weighted by Gasteiger charge is 2.27. The van der Waals surface area contributed by atoms with Crippen LogP contribution in [0, 0.1) is 6.92 Å². The lowest BCUT2D eigenvalue weighted by Gasteiger charge is -2.18. The quantitative estimate of drug-likeness (QED) is 0.512. The number of H-pyrrole nitrogens is 1. The van der Waals surface area contributed by atoms with E-state index in [0.29, 0.717) is 16.4 Å². The molecule has 3 aromatic heterocycles. The van der Waals surface area contributed by atoms with Gasteiger partial charge in [0.25, 0.3) is 5.91 Å². The van der Waals surface area contributed by atoms with Crippen LogP contribution in [0.1, 0.15) is 40.6 Å². The minimum atomic E-state index is -0.212. The van der Waals surface area contributed by atoms with Crippen molar-refractivity contribution in [1.29, 1.82) is 0 Å². The molecule has 7 nitrogen and oxygen atoms in total. The van der Waals surface area contributed by atoms with E-state index in [1.54, 1.807) is 10.9 Å². The molecule has 5 rings (SSSR count). The summed E-state index contributed by atoms with van der Waals surface area (Å²) in [5.41, 5.74) is 4.32. The zero-order chi connectivity index (χ0) is 21.0. The van der Waals surface area contributed by atoms with E-state index >= 15 is 0 Å². The molecular formula is C22H23ClN6O. The molecular weight excluding hydrogens is 400 g/mol. The van der Waals surface area contributed by atoms with E-state index in [0.717, 1.165) is 52.6 Å². The number of fused-ring (bicyclic) bond motifs is 2. The largest absolute Gasteiger partial charge is 0.356 e. The Balaban J connectivity index is 1.44. The molecule has 4 heterocycles. The van der Waals surface area contributed by atoms with Crippen LogP contribution in [0.15, 0.2) is 30.5 Å². The van der Waals surface area contributed by atoms with Gasteiger partial charge in [0.2, 0.25) is 0 Å². The van der Waals surface area contributed by atoms with Crippen LogP contribution in [0.3, 0.4) is 0 Å². The highest BCUT2D eigenvalue weighted by Crippen LogP contribution is 2.38. The molecule has 1 aliphatic heterocycles. The number of carbonyl (C=O) groups excluding carboxylic acids is 1. The third-order valence-electron chi connectivity index (χ3n) is 6.04. The lowest BCUT2D eigenvalue weighted by atomic mass is 10.1. The molecule has 8 heteroatoms. The molecule has 30 heavy (non-hydrogen) atoms. The number of benzene rings is 1. The zero-order valence-corrected chi connectivity index (χ0v) is 17.9. The van der Waals surface area contributed by atoms with Crippen LogP contribution in [-0.4, -0.2) is 44.1 Å². The highest BCUT2D eigenvalue weighted by atomic mass is 35.5. The van der Waals surface area contributed by atoms with Gasteiger partial charge < -0.3 is 10.3 Å². The third-order valence-corrected chi connectivity index (χ3v) is 6.45. The molecule has 4 aromatic rings. The van der Waals surface area contributed by atoms with Crippen molar-refractivity contribution >= 4 is 45.1 Å². The summed E-state index contributed by atoms with van der Waals surface area (Å²) in [6.45, 7) is 3.02. The van der Waals surface area contributed by atoms with Crippen LogP contribution in [0.4, 0.5) is 5.82 Å². The van der Waals surface area contributed by atoms with E-state index in [9.17, 15) is 4.79 Å². The summed E-state index contributed by atoms with van der Waals surface area (Å²) in [5, 5.41) is 9.93. The summed E-state index contributed by atoms with van der Waals surface area (Å²) in [6.07, 6.45) is 3.96. The molecule has 1 aromatic carbocycles. The van der Waals surface area contributed by atoms with Gasteiger partial charge >= 0.3 is 0 Å². The first-order chi connectivity index (χ1) is 14.4. The molecule has 2 N–H and O–H groups in total. The van der Waals surface area contributed by atoms with Crippen LogP contribution >= 0.6 is 11.6 Å². The molecule has 0 saturated carbocycles. The Morgan fingerprint density at radius 3 is 2.87 bits per heavy atom. The number of amides is 1. The molecule has 1 saturated heterocycles. The minimum Gasteiger partial charge on any atom is -0.356 e. The number of carbonyl (C=O) groups is 1. The summed E-state index contributed by atoms with van der Waals surface area (Å²) in [7, 11) is 3.99. The van der Waals surface area contributed by atoms with Gasteiger partial charge in [-0.05, 0) is 45.5 Å². The molecule has 0 radical (unpaired) electrons. The monoisotopic (exact) mass is 422 g/mol. The van der Waals surface area contributed by atoms with Gasteiger partial charge in [0.05, 0.1) is 33.5 Å². The van der Waals surface area contributed by atoms with E-state index in [1.165, 1.54) is 0 Å². The van der Waals surface area contributed by atoms with E-state index in [2.05, 4.69) is 32.3 Å². The Bertz CT molecular complexity index is 1290. The lowest BCUT2D eigenvalue weighted by molar-refractivity contribution is 0.102. The fourth-order valence-electron chi connectivity index (χ4n) is 4.42. The number of aryl methyl sites for hydroxylation is 2. The smallest absolute Gasteiger partial charge is 0.256 e. The summed E-state index contributed by atoms with van der Waals surface area (Å²) >= 11 is 6.64. The molecule has 154 valence electrons. The standard InChI is InChI=1S/C22H23ClN6O/c1-12-14-7-6-13(9-18(14)29(3)27-12)22(30)26-19-10-16-15(11-24-19)20(23)21(25-16)17-5-4-8-28(17)2/h6-7,9-11,17,25H,4-5,8H2,1-3H3,(H,24,26,30). The van der Waals surface area contributed by atoms with Gasteiger partial charge in [-0.3, -0.25) is 14.4 Å². The second-order valence-corrected chi connectivity index (χ2v) is 8.38. The molecule has 1 fully saturated rings. The first kappa shape index (κ1) is 19.1. The lowest BCUT2D eigenvalue weighted by Crippen LogP contribution is -2.17. The Kier molecular flexibility index (Phi) is 4.52. The van der Waals surface area contributed by atoms with Gasteiger partial charge in [0.1, 0.15) is 5.82 Å². The zero-order valence-electron chi connectivity index (χ0n) is 17.2. The Morgan fingerprint density at radius 2 is 2.10 bits per heavy atom. The average Bonchev–Trinajstić information content (AvgIpc) is 3.37. The van der Waals surface area contributed by atoms with Crippen molar-refractivity contribution in [3.8, 4) is 0 Å². The predicted octanol–water partition coefficient (Wildman–Crippen LogP) is 4.43. The number of likely N-dealkylation sites (tertiary alicyclic amines) is 1. The topological polar surface area (TPSA) is 78.8 Å². The highest BCUT2D eigenvalue weighted by molar-refractivity contribution is 6.36. The first-order valence-electron chi connectivity index (χ1n) is 10.0. The molecule has 0 aliphatic carbocycles. The maximum Gasteiger partial charge on any atom is 0.256 e. The minimum absolute atomic E-state index is 0.212. The van der Waals surface area contributed by atoms with Crippen molar-refractivity contribution in [2.24, 2.45) is 7.05 Å². The number of nitrogens with zero attached hydrogens (tertiary/aromatic N) is 4. The fourth-order valence-corrected chi connectivity index (χ4v) is 4.74. The molecule has 0 bridgehead atoms. The normalized spacial score (nSPS) is 17.3. The Morgan fingerprint density at radius 1 is 1.27 bits per heavy atom. The van der Waals surface area contributed by atoms with Crippen molar-refractivity contribution < 1.29 is 4.79 Å². The number of nitrogens with one attached hydrogen (secondary N) is 2. The Hall–Kier alpha value is -2.90. The van der Waals surface area contributed by atoms with Gasteiger partial charge in [0.15, 0.2) is 0 Å². The van der Waals surface area contributed by atoms with Gasteiger partial charge in [-0.1, -0.05) is 17.7 Å². The van der Waals surface area contributed by atoms with Crippen molar-refractivity contribution in [2.75, 3.05) is 18.9 Å². The number of hydrogen-bond acceptors (Lipinski definition) is 4. The number of pyridine rings is 1. The summed E-state index contributed by atoms with van der Waals surface area (Å²) in [5.74, 6) is 0.272. The molecule has 1 atom stereocenters. The van der Waals surface area contributed by atoms with Crippen molar-refractivity contribution in [2.45, 2.75) is 25.8 Å². The number of hydrogen-bond donors (Lipinski definition) is 2. The van der Waals surface area contributed by atoms with E-state index in [4.69, 9.17) is 11.6 Å². The number of aromatic amines is 1. The fraction of sp³-hybridized carbons (Fsp3) is 0.318. The number of rotatable bonds is 3. The summed E-state index contributed by atoms with van der Waals surface area (Å²) in [6, 6.07) is 7.72. The molecule has 0 spiro atoms. The average molecular weight is 423 g/mol. The van der Waals surface area contributed by atoms with Crippen LogP contribution in [0.5, 0.6) is 0 Å². The second-order valence-electron chi connectivity index (χ2n) is 8.00. The van der Waals surface area contributed by atoms with Crippen molar-refractivity contribution in [3.05, 3.63) is 52.4 Å². The van der Waals surface area contributed by atoms with Gasteiger partial charge in [0, 0.05) is 35.6 Å². The van der Waals surface area contributed by atoms with E-state index < -0.39 is 0 Å². The third kappa shape index (κ3) is 3.05. The predicted molar refractivity (Wildman–Crippen MR) is 119 cm³/mol. The summed E-state index contributed by atoms with van der Waals surface area (Å²) < 4.78 is 1.79. The maximum absolute atomic E-state index is 12.8. The van der Waals surface area contributed by atoms with Crippen molar-refractivity contribution in [1.82, 2.24) is 24.6 Å². The van der Waals surface area contributed by atoms with Crippen molar-refractivity contribution in [3.63, 3.8) is 0 Å². The van der Waals surface area contributed by atoms with Gasteiger partial charge in [-0.25, -0.2) is 4.98 Å². The molecule has 1 aliphatic rings. The summed E-state index contributed by atoms with van der Waals surface area (Å²) in [4.78, 5) is 23.0. The van der Waals surface area contributed by atoms with Crippen LogP contribution in [0.25, 0.3) is 21.8 Å². The second kappa shape index (κ2) is 7.11. The van der Waals surface area contributed by atoms with E-state index in [-0.39, 0.29) is 11.9 Å². The number of aromatic nitrogens is 4. The van der Waals surface area contributed by atoms with Crippen LogP contribution in [0.2, 0.25) is 5.02 Å². The SMILES string of the molecule is Cc1nn(C)c2cc(C(=O)Nc3cc4[nH]c(C5CCCN5C)c(Cl)c4cn3)ccc12. The number of halogens is 1. The Labute approximate surface area is 179 Å². The van der Waals surface area contributed by atoms with Crippen LogP contribution < -0.4 is 5.32 Å².